The highest BCUT2D eigenvalue weighted by atomic mass is 32.1. The molecule has 1 aliphatic rings. The van der Waals surface area contributed by atoms with Gasteiger partial charge in [-0.15, -0.1) is 11.3 Å². The van der Waals surface area contributed by atoms with E-state index in [9.17, 15) is 18.8 Å². The standard InChI is InChI=1S/C19H18FN5O3S/c1-10-14-8-15(16(26)22-23-18(28)17(27)21-13-6-7-13)29-19(14)25(24-10)9-11-2-4-12(20)5-3-11/h2-5,8,13H,6-7,9H2,1H3,(H,21,27)(H,22,26)(H,23,28). The van der Waals surface area contributed by atoms with Gasteiger partial charge in [-0.1, -0.05) is 12.1 Å². The van der Waals surface area contributed by atoms with Crippen LogP contribution in [0.2, 0.25) is 0 Å². The van der Waals surface area contributed by atoms with Crippen molar-refractivity contribution >= 4 is 39.3 Å². The van der Waals surface area contributed by atoms with E-state index in [0.717, 1.165) is 34.3 Å². The van der Waals surface area contributed by atoms with Crippen LogP contribution < -0.4 is 16.2 Å². The summed E-state index contributed by atoms with van der Waals surface area (Å²) in [5.74, 6) is -2.51. The van der Waals surface area contributed by atoms with Crippen LogP contribution in [0.4, 0.5) is 4.39 Å². The Balaban J connectivity index is 1.45. The molecule has 1 aliphatic carbocycles. The molecular formula is C19H18FN5O3S. The van der Waals surface area contributed by atoms with Crippen molar-refractivity contribution in [1.82, 2.24) is 25.9 Å². The Morgan fingerprint density at radius 1 is 1.17 bits per heavy atom. The van der Waals surface area contributed by atoms with Crippen LogP contribution in [-0.4, -0.2) is 33.5 Å². The number of halogens is 1. The number of rotatable bonds is 4. The molecule has 29 heavy (non-hydrogen) atoms. The minimum atomic E-state index is -0.912. The minimum absolute atomic E-state index is 0.0542. The lowest BCUT2D eigenvalue weighted by atomic mass is 10.2. The van der Waals surface area contributed by atoms with Gasteiger partial charge in [-0.3, -0.25) is 29.9 Å². The number of benzene rings is 1. The lowest BCUT2D eigenvalue weighted by Gasteiger charge is -2.06. The molecule has 2 aromatic heterocycles. The molecule has 0 spiro atoms. The third kappa shape index (κ3) is 4.27. The van der Waals surface area contributed by atoms with Crippen molar-refractivity contribution in [2.75, 3.05) is 0 Å². The molecule has 2 heterocycles. The number of aryl methyl sites for hydroxylation is 1. The van der Waals surface area contributed by atoms with Crippen molar-refractivity contribution in [1.29, 1.82) is 0 Å². The van der Waals surface area contributed by atoms with E-state index < -0.39 is 17.7 Å². The zero-order chi connectivity index (χ0) is 20.5. The highest BCUT2D eigenvalue weighted by Gasteiger charge is 2.26. The molecule has 1 saturated carbocycles. The van der Waals surface area contributed by atoms with Gasteiger partial charge in [0.1, 0.15) is 10.6 Å². The van der Waals surface area contributed by atoms with Gasteiger partial charge >= 0.3 is 11.8 Å². The second-order valence-electron chi connectivity index (χ2n) is 6.85. The van der Waals surface area contributed by atoms with Crippen LogP contribution in [-0.2, 0) is 16.1 Å². The van der Waals surface area contributed by atoms with Crippen LogP contribution in [0.3, 0.4) is 0 Å². The molecule has 3 N–H and O–H groups in total. The van der Waals surface area contributed by atoms with Crippen molar-refractivity contribution in [2.45, 2.75) is 32.4 Å². The number of hydrazine groups is 1. The highest BCUT2D eigenvalue weighted by molar-refractivity contribution is 7.20. The maximum atomic E-state index is 13.1. The van der Waals surface area contributed by atoms with Gasteiger partial charge in [-0.2, -0.15) is 5.10 Å². The Bertz CT molecular complexity index is 1100. The van der Waals surface area contributed by atoms with E-state index in [1.54, 1.807) is 22.9 Å². The summed E-state index contributed by atoms with van der Waals surface area (Å²) in [4.78, 5) is 36.9. The minimum Gasteiger partial charge on any atom is -0.345 e. The first-order valence-electron chi connectivity index (χ1n) is 9.03. The molecule has 150 valence electrons. The van der Waals surface area contributed by atoms with E-state index in [1.807, 2.05) is 6.92 Å². The predicted octanol–water partition coefficient (Wildman–Crippen LogP) is 1.63. The van der Waals surface area contributed by atoms with Crippen molar-refractivity contribution in [2.24, 2.45) is 0 Å². The third-order valence-electron chi connectivity index (χ3n) is 4.49. The number of carbonyl (C=O) groups is 3. The maximum absolute atomic E-state index is 13.1. The molecule has 0 unspecified atom stereocenters. The van der Waals surface area contributed by atoms with Crippen molar-refractivity contribution in [3.8, 4) is 0 Å². The highest BCUT2D eigenvalue weighted by Crippen LogP contribution is 2.28. The molecule has 0 saturated heterocycles. The molecule has 8 nitrogen and oxygen atoms in total. The Hall–Kier alpha value is -3.27. The largest absolute Gasteiger partial charge is 0.345 e. The fraction of sp³-hybridized carbons (Fsp3) is 0.263. The summed E-state index contributed by atoms with van der Waals surface area (Å²) in [5.41, 5.74) is 6.02. The van der Waals surface area contributed by atoms with Crippen LogP contribution in [0, 0.1) is 12.7 Å². The second-order valence-corrected chi connectivity index (χ2v) is 7.89. The number of thiophene rings is 1. The summed E-state index contributed by atoms with van der Waals surface area (Å²) < 4.78 is 14.9. The van der Waals surface area contributed by atoms with Gasteiger partial charge in [-0.25, -0.2) is 4.39 Å². The Kier molecular flexibility index (Phi) is 5.01. The molecule has 1 fully saturated rings. The first kappa shape index (κ1) is 19.1. The monoisotopic (exact) mass is 415 g/mol. The van der Waals surface area contributed by atoms with Gasteiger partial charge in [0.2, 0.25) is 0 Å². The third-order valence-corrected chi connectivity index (χ3v) is 5.63. The average molecular weight is 415 g/mol. The van der Waals surface area contributed by atoms with E-state index in [4.69, 9.17) is 0 Å². The molecular weight excluding hydrogens is 397 g/mol. The normalized spacial score (nSPS) is 13.3. The molecule has 0 bridgehead atoms. The van der Waals surface area contributed by atoms with Crippen molar-refractivity contribution in [3.05, 3.63) is 52.3 Å². The Morgan fingerprint density at radius 2 is 1.90 bits per heavy atom. The van der Waals surface area contributed by atoms with E-state index in [2.05, 4.69) is 21.3 Å². The summed E-state index contributed by atoms with van der Waals surface area (Å²) in [6.45, 7) is 2.27. The quantitative estimate of drug-likeness (QED) is 0.445. The summed E-state index contributed by atoms with van der Waals surface area (Å²) in [7, 11) is 0. The number of hydrogen-bond donors (Lipinski definition) is 3. The van der Waals surface area contributed by atoms with Gasteiger partial charge < -0.3 is 5.32 Å². The van der Waals surface area contributed by atoms with Gasteiger partial charge in [0.15, 0.2) is 0 Å². The smallest absolute Gasteiger partial charge is 0.327 e. The molecule has 0 radical (unpaired) electrons. The molecule has 10 heteroatoms. The predicted molar refractivity (Wildman–Crippen MR) is 105 cm³/mol. The number of nitrogens with one attached hydrogen (secondary N) is 3. The van der Waals surface area contributed by atoms with Crippen molar-refractivity contribution in [3.63, 3.8) is 0 Å². The number of amides is 3. The van der Waals surface area contributed by atoms with E-state index >= 15 is 0 Å². The second kappa shape index (κ2) is 7.63. The maximum Gasteiger partial charge on any atom is 0.327 e. The summed E-state index contributed by atoms with van der Waals surface area (Å²) >= 11 is 1.22. The molecule has 0 atom stereocenters. The summed E-state index contributed by atoms with van der Waals surface area (Å²) in [6, 6.07) is 7.88. The molecule has 3 aromatic rings. The number of nitrogens with zero attached hydrogens (tertiary/aromatic N) is 2. The Labute approximate surface area is 169 Å². The summed E-state index contributed by atoms with van der Waals surface area (Å²) in [5, 5.41) is 7.84. The van der Waals surface area contributed by atoms with Crippen molar-refractivity contribution < 1.29 is 18.8 Å². The molecule has 1 aromatic carbocycles. The van der Waals surface area contributed by atoms with Gasteiger partial charge in [-0.05, 0) is 43.5 Å². The lowest BCUT2D eigenvalue weighted by Crippen LogP contribution is -2.48. The number of fused-ring (bicyclic) bond motifs is 1. The van der Waals surface area contributed by atoms with Crippen LogP contribution in [0.5, 0.6) is 0 Å². The van der Waals surface area contributed by atoms with Gasteiger partial charge in [0.25, 0.3) is 5.91 Å². The number of hydrogen-bond acceptors (Lipinski definition) is 5. The average Bonchev–Trinajstić information content (AvgIpc) is 3.31. The zero-order valence-corrected chi connectivity index (χ0v) is 16.3. The fourth-order valence-corrected chi connectivity index (χ4v) is 3.86. The Morgan fingerprint density at radius 3 is 2.59 bits per heavy atom. The first-order chi connectivity index (χ1) is 13.9. The summed E-state index contributed by atoms with van der Waals surface area (Å²) in [6.07, 6.45) is 1.73. The van der Waals surface area contributed by atoms with Crippen LogP contribution in [0.1, 0.15) is 33.8 Å². The molecule has 0 aliphatic heterocycles. The van der Waals surface area contributed by atoms with Gasteiger partial charge in [0.05, 0.1) is 17.1 Å². The molecule has 4 rings (SSSR count). The SMILES string of the molecule is Cc1nn(Cc2ccc(F)cc2)c2sc(C(=O)NNC(=O)C(=O)NC3CC3)cc12. The van der Waals surface area contributed by atoms with E-state index in [0.29, 0.717) is 11.4 Å². The topological polar surface area (TPSA) is 105 Å². The fourth-order valence-electron chi connectivity index (χ4n) is 2.81. The van der Waals surface area contributed by atoms with Crippen LogP contribution in [0.15, 0.2) is 30.3 Å². The van der Waals surface area contributed by atoms with E-state index in [-0.39, 0.29) is 11.9 Å². The first-order valence-corrected chi connectivity index (χ1v) is 9.85. The number of aromatic nitrogens is 2. The lowest BCUT2D eigenvalue weighted by molar-refractivity contribution is -0.139. The van der Waals surface area contributed by atoms with Crippen LogP contribution in [0.25, 0.3) is 10.2 Å². The zero-order valence-electron chi connectivity index (χ0n) is 15.5. The van der Waals surface area contributed by atoms with E-state index in [1.165, 1.54) is 23.5 Å². The molecule has 3 amide bonds. The van der Waals surface area contributed by atoms with Gasteiger partial charge in [0, 0.05) is 11.4 Å². The van der Waals surface area contributed by atoms with Crippen LogP contribution >= 0.6 is 11.3 Å². The number of carbonyl (C=O) groups excluding carboxylic acids is 3.